The molecular formula is C15H13NO5. The molecule has 6 heteroatoms. The van der Waals surface area contributed by atoms with E-state index in [0.717, 1.165) is 5.56 Å². The number of benzene rings is 2. The molecule has 0 bridgehead atoms. The van der Waals surface area contributed by atoms with E-state index in [1.54, 1.807) is 31.4 Å². The van der Waals surface area contributed by atoms with Gasteiger partial charge in [0, 0.05) is 12.1 Å². The van der Waals surface area contributed by atoms with Gasteiger partial charge < -0.3 is 9.47 Å². The monoisotopic (exact) mass is 287 g/mol. The Labute approximate surface area is 121 Å². The van der Waals surface area contributed by atoms with E-state index in [9.17, 15) is 14.9 Å². The molecule has 0 radical (unpaired) electrons. The van der Waals surface area contributed by atoms with Crippen molar-refractivity contribution in [2.75, 3.05) is 7.11 Å². The van der Waals surface area contributed by atoms with Gasteiger partial charge in [-0.25, -0.2) is 4.79 Å². The average molecular weight is 287 g/mol. The Bertz CT molecular complexity index is 669. The Morgan fingerprint density at radius 2 is 1.95 bits per heavy atom. The number of nitrogens with zero attached hydrogens (tertiary/aromatic N) is 1. The maximum Gasteiger partial charge on any atom is 0.338 e. The van der Waals surface area contributed by atoms with Crippen molar-refractivity contribution in [3.8, 4) is 5.75 Å². The van der Waals surface area contributed by atoms with Gasteiger partial charge in [-0.1, -0.05) is 18.2 Å². The highest BCUT2D eigenvalue weighted by atomic mass is 16.6. The predicted octanol–water partition coefficient (Wildman–Crippen LogP) is 2.96. The molecule has 0 atom stereocenters. The first-order valence-corrected chi connectivity index (χ1v) is 6.14. The molecule has 0 heterocycles. The van der Waals surface area contributed by atoms with Crippen molar-refractivity contribution in [3.63, 3.8) is 0 Å². The minimum atomic E-state index is -0.610. The molecule has 21 heavy (non-hydrogen) atoms. The van der Waals surface area contributed by atoms with E-state index in [0.29, 0.717) is 5.75 Å². The summed E-state index contributed by atoms with van der Waals surface area (Å²) in [7, 11) is 1.55. The van der Waals surface area contributed by atoms with Gasteiger partial charge in [-0.2, -0.15) is 0 Å². The van der Waals surface area contributed by atoms with Crippen LogP contribution in [0, 0.1) is 10.1 Å². The maximum absolute atomic E-state index is 11.9. The van der Waals surface area contributed by atoms with Crippen LogP contribution in [0.5, 0.6) is 5.75 Å². The van der Waals surface area contributed by atoms with Crippen LogP contribution >= 0.6 is 0 Å². The number of rotatable bonds is 5. The number of carbonyl (C=O) groups excluding carboxylic acids is 1. The highest BCUT2D eigenvalue weighted by Gasteiger charge is 2.12. The highest BCUT2D eigenvalue weighted by Crippen LogP contribution is 2.16. The Balaban J connectivity index is 2.04. The number of methoxy groups -OCH3 is 1. The molecule has 0 saturated carbocycles. The fraction of sp³-hybridized carbons (Fsp3) is 0.133. The lowest BCUT2D eigenvalue weighted by atomic mass is 10.2. The van der Waals surface area contributed by atoms with Gasteiger partial charge in [0.05, 0.1) is 17.6 Å². The smallest absolute Gasteiger partial charge is 0.338 e. The number of nitro benzene ring substituents is 1. The summed E-state index contributed by atoms with van der Waals surface area (Å²) in [5, 5.41) is 10.7. The van der Waals surface area contributed by atoms with Crippen LogP contribution in [0.25, 0.3) is 0 Å². The summed E-state index contributed by atoms with van der Waals surface area (Å²) in [4.78, 5) is 22.0. The second-order valence-corrected chi connectivity index (χ2v) is 4.24. The summed E-state index contributed by atoms with van der Waals surface area (Å²) in [5.41, 5.74) is 0.769. The number of hydrogen-bond acceptors (Lipinski definition) is 5. The Morgan fingerprint density at radius 3 is 2.67 bits per heavy atom. The average Bonchev–Trinajstić information content (AvgIpc) is 2.53. The third kappa shape index (κ3) is 3.79. The molecule has 0 aliphatic rings. The van der Waals surface area contributed by atoms with Crippen LogP contribution in [0.15, 0.2) is 48.5 Å². The standard InChI is InChI=1S/C15H13NO5/c1-20-14-7-2-4-11(8-14)10-21-15(17)12-5-3-6-13(9-12)16(18)19/h2-9H,10H2,1H3. The molecule has 0 saturated heterocycles. The second kappa shape index (κ2) is 6.51. The SMILES string of the molecule is COc1cccc(COC(=O)c2cccc([N+](=O)[O-])c2)c1. The normalized spacial score (nSPS) is 9.95. The molecule has 108 valence electrons. The van der Waals surface area contributed by atoms with Gasteiger partial charge in [0.15, 0.2) is 0 Å². The third-order valence-electron chi connectivity index (χ3n) is 2.80. The molecule has 0 fully saturated rings. The van der Waals surface area contributed by atoms with E-state index in [1.807, 2.05) is 0 Å². The highest BCUT2D eigenvalue weighted by molar-refractivity contribution is 5.90. The van der Waals surface area contributed by atoms with Gasteiger partial charge >= 0.3 is 5.97 Å². The lowest BCUT2D eigenvalue weighted by Crippen LogP contribution is -2.05. The molecule has 0 aliphatic heterocycles. The molecule has 0 amide bonds. The molecule has 2 rings (SSSR count). The summed E-state index contributed by atoms with van der Waals surface area (Å²) in [6.07, 6.45) is 0. The lowest BCUT2D eigenvalue weighted by Gasteiger charge is -2.06. The summed E-state index contributed by atoms with van der Waals surface area (Å²) in [5.74, 6) is 0.0559. The molecule has 0 N–H and O–H groups in total. The molecule has 2 aromatic rings. The van der Waals surface area contributed by atoms with Gasteiger partial charge in [0.2, 0.25) is 0 Å². The van der Waals surface area contributed by atoms with Crippen LogP contribution in [-0.2, 0) is 11.3 Å². The van der Waals surface area contributed by atoms with Gasteiger partial charge in [-0.05, 0) is 23.8 Å². The van der Waals surface area contributed by atoms with Crippen molar-refractivity contribution in [1.82, 2.24) is 0 Å². The van der Waals surface area contributed by atoms with Crippen LogP contribution < -0.4 is 4.74 Å². The fourth-order valence-corrected chi connectivity index (χ4v) is 1.74. The molecule has 0 aliphatic carbocycles. The van der Waals surface area contributed by atoms with Gasteiger partial charge in [0.1, 0.15) is 12.4 Å². The van der Waals surface area contributed by atoms with Gasteiger partial charge in [0.25, 0.3) is 5.69 Å². The number of non-ortho nitro benzene ring substituents is 1. The predicted molar refractivity (Wildman–Crippen MR) is 75.2 cm³/mol. The zero-order valence-electron chi connectivity index (χ0n) is 11.3. The fourth-order valence-electron chi connectivity index (χ4n) is 1.74. The quantitative estimate of drug-likeness (QED) is 0.480. The molecule has 0 spiro atoms. The molecule has 2 aromatic carbocycles. The van der Waals surface area contributed by atoms with Crippen LogP contribution in [0.4, 0.5) is 5.69 Å². The molecule has 0 aromatic heterocycles. The zero-order chi connectivity index (χ0) is 15.2. The minimum absolute atomic E-state index is 0.0682. The van der Waals surface area contributed by atoms with E-state index in [2.05, 4.69) is 0 Å². The van der Waals surface area contributed by atoms with E-state index < -0.39 is 10.9 Å². The summed E-state index contributed by atoms with van der Waals surface area (Å²) in [6, 6.07) is 12.5. The van der Waals surface area contributed by atoms with Crippen molar-refractivity contribution < 1.29 is 19.2 Å². The number of nitro groups is 1. The van der Waals surface area contributed by atoms with Crippen molar-refractivity contribution in [1.29, 1.82) is 0 Å². The van der Waals surface area contributed by atoms with Gasteiger partial charge in [-0.15, -0.1) is 0 Å². The Kier molecular flexibility index (Phi) is 4.50. The number of carbonyl (C=O) groups is 1. The first-order valence-electron chi connectivity index (χ1n) is 6.14. The summed E-state index contributed by atoms with van der Waals surface area (Å²) in [6.45, 7) is 0.0682. The minimum Gasteiger partial charge on any atom is -0.497 e. The third-order valence-corrected chi connectivity index (χ3v) is 2.80. The second-order valence-electron chi connectivity index (χ2n) is 4.24. The first-order chi connectivity index (χ1) is 10.1. The van der Waals surface area contributed by atoms with Crippen LogP contribution in [0.1, 0.15) is 15.9 Å². The van der Waals surface area contributed by atoms with Crippen molar-refractivity contribution in [2.24, 2.45) is 0 Å². The molecule has 0 unspecified atom stereocenters. The van der Waals surface area contributed by atoms with E-state index in [1.165, 1.54) is 24.3 Å². The van der Waals surface area contributed by atoms with Crippen molar-refractivity contribution in [3.05, 3.63) is 69.8 Å². The zero-order valence-corrected chi connectivity index (χ0v) is 11.3. The topological polar surface area (TPSA) is 78.7 Å². The van der Waals surface area contributed by atoms with Crippen LogP contribution in [0.2, 0.25) is 0 Å². The van der Waals surface area contributed by atoms with E-state index >= 15 is 0 Å². The molecular weight excluding hydrogens is 274 g/mol. The lowest BCUT2D eigenvalue weighted by molar-refractivity contribution is -0.384. The van der Waals surface area contributed by atoms with Gasteiger partial charge in [-0.3, -0.25) is 10.1 Å². The van der Waals surface area contributed by atoms with E-state index in [-0.39, 0.29) is 17.9 Å². The summed E-state index contributed by atoms with van der Waals surface area (Å²) < 4.78 is 10.2. The van der Waals surface area contributed by atoms with Crippen LogP contribution in [0.3, 0.4) is 0 Å². The number of esters is 1. The van der Waals surface area contributed by atoms with Crippen LogP contribution in [-0.4, -0.2) is 18.0 Å². The maximum atomic E-state index is 11.9. The van der Waals surface area contributed by atoms with Crippen molar-refractivity contribution in [2.45, 2.75) is 6.61 Å². The molecule has 6 nitrogen and oxygen atoms in total. The number of hydrogen-bond donors (Lipinski definition) is 0. The Hall–Kier alpha value is -2.89. The Morgan fingerprint density at radius 1 is 1.19 bits per heavy atom. The number of ether oxygens (including phenoxy) is 2. The largest absolute Gasteiger partial charge is 0.497 e. The van der Waals surface area contributed by atoms with E-state index in [4.69, 9.17) is 9.47 Å². The van der Waals surface area contributed by atoms with Crippen molar-refractivity contribution >= 4 is 11.7 Å². The summed E-state index contributed by atoms with van der Waals surface area (Å²) >= 11 is 0. The first kappa shape index (κ1) is 14.5.